The van der Waals surface area contributed by atoms with E-state index in [0.29, 0.717) is 5.56 Å². The molecule has 0 bridgehead atoms. The molecule has 8 nitrogen and oxygen atoms in total. The quantitative estimate of drug-likeness (QED) is 0.665. The molecule has 0 aliphatic heterocycles. The van der Waals surface area contributed by atoms with Crippen LogP contribution in [0.3, 0.4) is 0 Å². The second kappa shape index (κ2) is 5.61. The van der Waals surface area contributed by atoms with Gasteiger partial charge in [0.25, 0.3) is 5.69 Å². The van der Waals surface area contributed by atoms with Crippen molar-refractivity contribution in [1.82, 2.24) is 4.98 Å². The van der Waals surface area contributed by atoms with E-state index in [1.807, 2.05) is 0 Å². The smallest absolute Gasteiger partial charge is 0.362 e. The molecule has 1 aromatic carbocycles. The molecular formula is C13H12N2O6. The summed E-state index contributed by atoms with van der Waals surface area (Å²) < 4.78 is 10.3. The average Bonchev–Trinajstić information content (AvgIpc) is 2.82. The van der Waals surface area contributed by atoms with Gasteiger partial charge in [0.1, 0.15) is 5.56 Å². The van der Waals surface area contributed by atoms with Crippen LogP contribution in [0.25, 0.3) is 11.5 Å². The Morgan fingerprint density at radius 1 is 1.52 bits per heavy atom. The molecule has 0 saturated heterocycles. The summed E-state index contributed by atoms with van der Waals surface area (Å²) in [5, 5.41) is 20.2. The van der Waals surface area contributed by atoms with E-state index in [1.165, 1.54) is 6.07 Å². The van der Waals surface area contributed by atoms with Crippen LogP contribution in [0.1, 0.15) is 23.0 Å². The van der Waals surface area contributed by atoms with Crippen molar-refractivity contribution in [2.24, 2.45) is 0 Å². The Balaban J connectivity index is 2.63. The lowest BCUT2D eigenvalue weighted by molar-refractivity contribution is -0.384. The van der Waals surface area contributed by atoms with Gasteiger partial charge >= 0.3 is 11.9 Å². The number of rotatable bonds is 5. The summed E-state index contributed by atoms with van der Waals surface area (Å²) in [5.41, 5.74) is -0.0691. The number of benzene rings is 1. The number of carbonyl (C=O) groups is 1. The minimum atomic E-state index is -1.33. The van der Waals surface area contributed by atoms with E-state index in [-0.39, 0.29) is 29.7 Å². The fourth-order valence-corrected chi connectivity index (χ4v) is 1.86. The molecule has 0 radical (unpaired) electrons. The Labute approximate surface area is 119 Å². The number of oxazole rings is 1. The summed E-state index contributed by atoms with van der Waals surface area (Å²) >= 11 is 0. The molecule has 0 fully saturated rings. The van der Waals surface area contributed by atoms with E-state index >= 15 is 0 Å². The highest BCUT2D eigenvalue weighted by Gasteiger charge is 2.27. The Hall–Kier alpha value is -2.90. The Bertz CT molecular complexity index is 707. The first kappa shape index (κ1) is 14.5. The van der Waals surface area contributed by atoms with Crippen LogP contribution in [-0.4, -0.2) is 27.6 Å². The Morgan fingerprint density at radius 2 is 2.24 bits per heavy atom. The number of hydrogen-bond donors (Lipinski definition) is 1. The van der Waals surface area contributed by atoms with Gasteiger partial charge in [-0.25, -0.2) is 4.79 Å². The van der Waals surface area contributed by atoms with Crippen molar-refractivity contribution in [2.45, 2.75) is 13.8 Å². The lowest BCUT2D eigenvalue weighted by Gasteiger charge is -2.01. The standard InChI is InChI=1S/C13H12N2O6/c1-3-20-13-9(12(16)17)14-11(21-13)8-6-4-5-7(2)10(8)15(18)19/h4-6H,3H2,1-2H3,(H,16,17). The minimum Gasteiger partial charge on any atom is -0.476 e. The summed E-state index contributed by atoms with van der Waals surface area (Å²) in [6, 6.07) is 4.62. The van der Waals surface area contributed by atoms with Crippen LogP contribution in [0.5, 0.6) is 5.95 Å². The van der Waals surface area contributed by atoms with Gasteiger partial charge in [0.2, 0.25) is 11.6 Å². The first-order chi connectivity index (χ1) is 9.95. The fourth-order valence-electron chi connectivity index (χ4n) is 1.86. The molecule has 1 N–H and O–H groups in total. The number of aromatic nitrogens is 1. The van der Waals surface area contributed by atoms with Crippen molar-refractivity contribution >= 4 is 11.7 Å². The topological polar surface area (TPSA) is 116 Å². The van der Waals surface area contributed by atoms with Gasteiger partial charge < -0.3 is 14.3 Å². The van der Waals surface area contributed by atoms with Crippen LogP contribution in [0.15, 0.2) is 22.6 Å². The van der Waals surface area contributed by atoms with Crippen LogP contribution in [-0.2, 0) is 0 Å². The maximum absolute atomic E-state index is 11.2. The van der Waals surface area contributed by atoms with Crippen LogP contribution in [0.4, 0.5) is 5.69 Å². The molecular weight excluding hydrogens is 280 g/mol. The first-order valence-corrected chi connectivity index (χ1v) is 6.07. The molecule has 1 heterocycles. The van der Waals surface area contributed by atoms with E-state index in [2.05, 4.69) is 4.98 Å². The van der Waals surface area contributed by atoms with Crippen LogP contribution in [0.2, 0.25) is 0 Å². The number of carboxylic acid groups (broad SMARTS) is 1. The van der Waals surface area contributed by atoms with Crippen molar-refractivity contribution in [3.8, 4) is 17.4 Å². The fraction of sp³-hybridized carbons (Fsp3) is 0.231. The third kappa shape index (κ3) is 2.69. The lowest BCUT2D eigenvalue weighted by atomic mass is 10.1. The van der Waals surface area contributed by atoms with Gasteiger partial charge in [0.05, 0.1) is 11.5 Å². The van der Waals surface area contributed by atoms with Crippen molar-refractivity contribution in [3.05, 3.63) is 39.6 Å². The van der Waals surface area contributed by atoms with E-state index in [0.717, 1.165) is 0 Å². The number of aryl methyl sites for hydroxylation is 1. The number of nitrogens with zero attached hydrogens (tertiary/aromatic N) is 2. The van der Waals surface area contributed by atoms with Gasteiger partial charge in [0.15, 0.2) is 0 Å². The highest BCUT2D eigenvalue weighted by atomic mass is 16.6. The van der Waals surface area contributed by atoms with Crippen LogP contribution < -0.4 is 4.74 Å². The zero-order valence-corrected chi connectivity index (χ0v) is 11.3. The van der Waals surface area contributed by atoms with Gasteiger partial charge in [0, 0.05) is 5.56 Å². The molecule has 8 heteroatoms. The van der Waals surface area contributed by atoms with Crippen molar-refractivity contribution in [1.29, 1.82) is 0 Å². The summed E-state index contributed by atoms with van der Waals surface area (Å²) in [5.74, 6) is -1.76. The summed E-state index contributed by atoms with van der Waals surface area (Å²) in [6.45, 7) is 3.42. The van der Waals surface area contributed by atoms with E-state index in [1.54, 1.807) is 26.0 Å². The molecule has 2 rings (SSSR count). The van der Waals surface area contributed by atoms with Gasteiger partial charge in [-0.15, -0.1) is 0 Å². The molecule has 110 valence electrons. The second-order valence-electron chi connectivity index (χ2n) is 4.12. The zero-order valence-electron chi connectivity index (χ0n) is 11.3. The first-order valence-electron chi connectivity index (χ1n) is 6.07. The lowest BCUT2D eigenvalue weighted by Crippen LogP contribution is -2.01. The molecule has 0 saturated carbocycles. The second-order valence-corrected chi connectivity index (χ2v) is 4.12. The van der Waals surface area contributed by atoms with E-state index < -0.39 is 16.6 Å². The molecule has 0 aliphatic rings. The van der Waals surface area contributed by atoms with E-state index in [9.17, 15) is 14.9 Å². The molecule has 1 aromatic heterocycles. The summed E-state index contributed by atoms with van der Waals surface area (Å²) in [6.07, 6.45) is 0. The van der Waals surface area contributed by atoms with Gasteiger partial charge in [-0.05, 0) is 19.9 Å². The minimum absolute atomic E-state index is 0.105. The van der Waals surface area contributed by atoms with Crippen LogP contribution >= 0.6 is 0 Å². The monoisotopic (exact) mass is 292 g/mol. The number of aromatic carboxylic acids is 1. The van der Waals surface area contributed by atoms with Crippen molar-refractivity contribution in [2.75, 3.05) is 6.61 Å². The molecule has 0 amide bonds. The number of hydrogen-bond acceptors (Lipinski definition) is 6. The molecule has 0 spiro atoms. The predicted octanol–water partition coefficient (Wildman–Crippen LogP) is 2.66. The highest BCUT2D eigenvalue weighted by molar-refractivity contribution is 5.88. The van der Waals surface area contributed by atoms with Crippen molar-refractivity contribution < 1.29 is 24.0 Å². The predicted molar refractivity (Wildman–Crippen MR) is 71.5 cm³/mol. The number of nitro groups is 1. The maximum Gasteiger partial charge on any atom is 0.362 e. The summed E-state index contributed by atoms with van der Waals surface area (Å²) in [7, 11) is 0. The third-order valence-electron chi connectivity index (χ3n) is 2.72. The van der Waals surface area contributed by atoms with E-state index in [4.69, 9.17) is 14.3 Å². The van der Waals surface area contributed by atoms with Gasteiger partial charge in [-0.2, -0.15) is 4.98 Å². The molecule has 0 unspecified atom stereocenters. The maximum atomic E-state index is 11.2. The number of ether oxygens (including phenoxy) is 1. The number of para-hydroxylation sites is 1. The van der Waals surface area contributed by atoms with Crippen molar-refractivity contribution in [3.63, 3.8) is 0 Å². The Kier molecular flexibility index (Phi) is 3.88. The largest absolute Gasteiger partial charge is 0.476 e. The third-order valence-corrected chi connectivity index (χ3v) is 2.72. The highest BCUT2D eigenvalue weighted by Crippen LogP contribution is 2.35. The average molecular weight is 292 g/mol. The zero-order chi connectivity index (χ0) is 15.6. The Morgan fingerprint density at radius 3 is 2.81 bits per heavy atom. The molecule has 2 aromatic rings. The number of nitro benzene ring substituents is 1. The summed E-state index contributed by atoms with van der Waals surface area (Å²) in [4.78, 5) is 25.5. The molecule has 0 aliphatic carbocycles. The van der Waals surface area contributed by atoms with Gasteiger partial charge in [-0.1, -0.05) is 12.1 Å². The normalized spacial score (nSPS) is 10.4. The molecule has 21 heavy (non-hydrogen) atoms. The SMILES string of the molecule is CCOc1oc(-c2cccc(C)c2[N+](=O)[O-])nc1C(=O)O. The van der Waals surface area contributed by atoms with Crippen LogP contribution in [0, 0.1) is 17.0 Å². The van der Waals surface area contributed by atoms with Gasteiger partial charge in [-0.3, -0.25) is 10.1 Å². The molecule has 0 atom stereocenters. The number of carboxylic acids is 1.